The van der Waals surface area contributed by atoms with Crippen LogP contribution in [0.25, 0.3) is 11.0 Å². The lowest BCUT2D eigenvalue weighted by Crippen LogP contribution is -2.41. The minimum absolute atomic E-state index is 0.00848. The van der Waals surface area contributed by atoms with Crippen molar-refractivity contribution in [1.82, 2.24) is 15.0 Å². The van der Waals surface area contributed by atoms with Crippen LogP contribution in [0.3, 0.4) is 0 Å². The first-order valence-electron chi connectivity index (χ1n) is 11.4. The molecular formula is C24H24F3N5O3. The summed E-state index contributed by atoms with van der Waals surface area (Å²) in [5.74, 6) is 0.405. The number of nitrogens with one attached hydrogen (secondary N) is 1. The second-order valence-corrected chi connectivity index (χ2v) is 8.72. The zero-order valence-corrected chi connectivity index (χ0v) is 19.2. The highest BCUT2D eigenvalue weighted by Crippen LogP contribution is 2.41. The molecular weight excluding hydrogens is 463 g/mol. The number of aromatic nitrogens is 3. The average molecular weight is 487 g/mol. The van der Waals surface area contributed by atoms with E-state index in [0.29, 0.717) is 53.5 Å². The zero-order chi connectivity index (χ0) is 24.7. The fraction of sp³-hybridized carbons (Fsp3) is 0.417. The number of nitrogens with zero attached hydrogens (tertiary/aromatic N) is 4. The minimum Gasteiger partial charge on any atom is -0.493 e. The number of amides is 1. The summed E-state index contributed by atoms with van der Waals surface area (Å²) in [5, 5.41) is 3.82. The van der Waals surface area contributed by atoms with Gasteiger partial charge in [0.05, 0.1) is 42.1 Å². The normalized spacial score (nSPS) is 21.1. The molecule has 2 bridgehead atoms. The highest BCUT2D eigenvalue weighted by atomic mass is 19.4. The quantitative estimate of drug-likeness (QED) is 0.542. The number of hydrogen-bond donors (Lipinski definition) is 1. The highest BCUT2D eigenvalue weighted by molar-refractivity contribution is 5.98. The molecule has 0 unspecified atom stereocenters. The van der Waals surface area contributed by atoms with Crippen LogP contribution >= 0.6 is 0 Å². The standard InChI is InChI=1S/C24H24F3N5O3/c1-13-6-8-35-20-16(4-3-5-18(20)24(25,26)27)14(2)29-23-17-10-15(32-7-9-34-12-19(32)33)11-28-22(17)30-21(13)31-23/h3-5,10-11,13-14H,6-9,12H2,1-2H3,(H,28,29,30,31)/t13-,14-/m1/s1. The van der Waals surface area contributed by atoms with Gasteiger partial charge < -0.3 is 19.7 Å². The summed E-state index contributed by atoms with van der Waals surface area (Å²) in [6.07, 6.45) is -2.54. The van der Waals surface area contributed by atoms with E-state index < -0.39 is 17.8 Å². The fourth-order valence-corrected chi connectivity index (χ4v) is 4.32. The molecule has 184 valence electrons. The van der Waals surface area contributed by atoms with E-state index >= 15 is 0 Å². The Kier molecular flexibility index (Phi) is 5.96. The maximum absolute atomic E-state index is 13.7. The van der Waals surface area contributed by atoms with Gasteiger partial charge in [-0.1, -0.05) is 19.1 Å². The van der Waals surface area contributed by atoms with Gasteiger partial charge in [0.15, 0.2) is 5.65 Å². The third-order valence-electron chi connectivity index (χ3n) is 6.26. The molecule has 4 heterocycles. The van der Waals surface area contributed by atoms with Gasteiger partial charge in [0.1, 0.15) is 24.0 Å². The van der Waals surface area contributed by atoms with Gasteiger partial charge in [-0.3, -0.25) is 4.79 Å². The smallest absolute Gasteiger partial charge is 0.419 e. The summed E-state index contributed by atoms with van der Waals surface area (Å²) in [6, 6.07) is 5.22. The molecule has 1 amide bonds. The van der Waals surface area contributed by atoms with Crippen LogP contribution in [-0.2, 0) is 15.7 Å². The highest BCUT2D eigenvalue weighted by Gasteiger charge is 2.36. The number of fused-ring (bicyclic) bond motifs is 5. The van der Waals surface area contributed by atoms with Crippen molar-refractivity contribution in [3.05, 3.63) is 47.4 Å². The SMILES string of the molecule is C[C@@H]1CCOc2c(cccc2C(F)(F)F)[C@@H](C)Nc2nc1nc1ncc(N3CCOCC3=O)cc21. The Morgan fingerprint density at radius 1 is 1.17 bits per heavy atom. The molecule has 1 fully saturated rings. The summed E-state index contributed by atoms with van der Waals surface area (Å²) >= 11 is 0. The van der Waals surface area contributed by atoms with Gasteiger partial charge in [-0.05, 0) is 25.5 Å². The van der Waals surface area contributed by atoms with Crippen LogP contribution in [0.1, 0.15) is 49.2 Å². The number of anilines is 2. The van der Waals surface area contributed by atoms with E-state index in [4.69, 9.17) is 14.5 Å². The first-order valence-corrected chi connectivity index (χ1v) is 11.4. The van der Waals surface area contributed by atoms with Crippen molar-refractivity contribution in [3.8, 4) is 5.75 Å². The number of ether oxygens (including phenoxy) is 2. The maximum atomic E-state index is 13.7. The van der Waals surface area contributed by atoms with E-state index in [-0.39, 0.29) is 30.8 Å². The number of halogens is 3. The summed E-state index contributed by atoms with van der Waals surface area (Å²) < 4.78 is 52.2. The van der Waals surface area contributed by atoms with Crippen molar-refractivity contribution in [3.63, 3.8) is 0 Å². The molecule has 5 rings (SSSR count). The van der Waals surface area contributed by atoms with Crippen molar-refractivity contribution < 1.29 is 27.4 Å². The summed E-state index contributed by atoms with van der Waals surface area (Å²) in [5.41, 5.74) is 0.576. The molecule has 1 saturated heterocycles. The monoisotopic (exact) mass is 487 g/mol. The Balaban J connectivity index is 1.63. The van der Waals surface area contributed by atoms with Crippen LogP contribution in [0.5, 0.6) is 5.75 Å². The topological polar surface area (TPSA) is 89.5 Å². The molecule has 0 spiro atoms. The number of para-hydroxylation sites is 1. The Hall–Kier alpha value is -3.47. The minimum atomic E-state index is -4.55. The largest absolute Gasteiger partial charge is 0.493 e. The van der Waals surface area contributed by atoms with E-state index in [0.717, 1.165) is 6.07 Å². The maximum Gasteiger partial charge on any atom is 0.419 e. The zero-order valence-electron chi connectivity index (χ0n) is 19.2. The van der Waals surface area contributed by atoms with Crippen LogP contribution in [0.4, 0.5) is 24.7 Å². The lowest BCUT2D eigenvalue weighted by molar-refractivity contribution is -0.139. The summed E-state index contributed by atoms with van der Waals surface area (Å²) in [4.78, 5) is 27.7. The molecule has 2 aliphatic heterocycles. The molecule has 1 N–H and O–H groups in total. The number of carbonyl (C=O) groups excluding carboxylic acids is 1. The predicted molar refractivity (Wildman–Crippen MR) is 123 cm³/mol. The molecule has 2 atom stereocenters. The van der Waals surface area contributed by atoms with Gasteiger partial charge in [-0.15, -0.1) is 0 Å². The van der Waals surface area contributed by atoms with Crippen molar-refractivity contribution in [2.45, 2.75) is 38.4 Å². The second-order valence-electron chi connectivity index (χ2n) is 8.72. The van der Waals surface area contributed by atoms with Gasteiger partial charge in [-0.2, -0.15) is 13.2 Å². The first-order chi connectivity index (χ1) is 16.7. The molecule has 0 radical (unpaired) electrons. The van der Waals surface area contributed by atoms with Crippen LogP contribution in [0, 0.1) is 0 Å². The first kappa shape index (κ1) is 23.3. The van der Waals surface area contributed by atoms with Crippen molar-refractivity contribution in [2.75, 3.05) is 36.6 Å². The van der Waals surface area contributed by atoms with E-state index in [2.05, 4.69) is 15.3 Å². The summed E-state index contributed by atoms with van der Waals surface area (Å²) in [7, 11) is 0. The Morgan fingerprint density at radius 3 is 2.77 bits per heavy atom. The van der Waals surface area contributed by atoms with Crippen LogP contribution in [0.2, 0.25) is 0 Å². The third kappa shape index (κ3) is 4.47. The second kappa shape index (κ2) is 8.95. The lowest BCUT2D eigenvalue weighted by Gasteiger charge is -2.27. The third-order valence-corrected chi connectivity index (χ3v) is 6.26. The summed E-state index contributed by atoms with van der Waals surface area (Å²) in [6.45, 7) is 4.53. The fourth-order valence-electron chi connectivity index (χ4n) is 4.32. The van der Waals surface area contributed by atoms with Crippen molar-refractivity contribution in [2.24, 2.45) is 0 Å². The number of pyridine rings is 1. The average Bonchev–Trinajstić information content (AvgIpc) is 2.84. The molecule has 8 nitrogen and oxygen atoms in total. The van der Waals surface area contributed by atoms with Crippen LogP contribution < -0.4 is 15.0 Å². The molecule has 0 saturated carbocycles. The Morgan fingerprint density at radius 2 is 2.00 bits per heavy atom. The molecule has 11 heteroatoms. The van der Waals surface area contributed by atoms with E-state index in [1.54, 1.807) is 30.2 Å². The van der Waals surface area contributed by atoms with Gasteiger partial charge in [0.25, 0.3) is 5.91 Å². The van der Waals surface area contributed by atoms with Crippen LogP contribution in [0.15, 0.2) is 30.5 Å². The Labute approximate surface area is 199 Å². The molecule has 2 aliphatic rings. The number of rotatable bonds is 1. The molecule has 2 aromatic heterocycles. The molecule has 35 heavy (non-hydrogen) atoms. The number of benzene rings is 1. The number of morpholine rings is 1. The van der Waals surface area contributed by atoms with Crippen molar-refractivity contribution >= 4 is 28.4 Å². The molecule has 0 aliphatic carbocycles. The number of carbonyl (C=O) groups is 1. The van der Waals surface area contributed by atoms with Gasteiger partial charge in [0, 0.05) is 18.0 Å². The molecule has 1 aromatic carbocycles. The number of alkyl halides is 3. The number of hydrogen-bond acceptors (Lipinski definition) is 7. The molecule has 3 aromatic rings. The van der Waals surface area contributed by atoms with E-state index in [1.165, 1.54) is 6.07 Å². The van der Waals surface area contributed by atoms with Crippen LogP contribution in [-0.4, -0.2) is 47.2 Å². The lowest BCUT2D eigenvalue weighted by atomic mass is 10.0. The van der Waals surface area contributed by atoms with Crippen molar-refractivity contribution in [1.29, 1.82) is 0 Å². The predicted octanol–water partition coefficient (Wildman–Crippen LogP) is 4.47. The van der Waals surface area contributed by atoms with Gasteiger partial charge in [-0.25, -0.2) is 15.0 Å². The van der Waals surface area contributed by atoms with E-state index in [9.17, 15) is 18.0 Å². The van der Waals surface area contributed by atoms with E-state index in [1.807, 2.05) is 6.92 Å². The Bertz CT molecular complexity index is 1280. The van der Waals surface area contributed by atoms with Gasteiger partial charge >= 0.3 is 6.18 Å². The van der Waals surface area contributed by atoms with Gasteiger partial charge in [0.2, 0.25) is 0 Å².